The second-order valence-electron chi connectivity index (χ2n) is 4.29. The average Bonchev–Trinajstić information content (AvgIpc) is 2.14. The van der Waals surface area contributed by atoms with Crippen LogP contribution in [0.3, 0.4) is 0 Å². The summed E-state index contributed by atoms with van der Waals surface area (Å²) in [5.41, 5.74) is 1.64. The zero-order valence-corrected chi connectivity index (χ0v) is 9.04. The van der Waals surface area contributed by atoms with Crippen molar-refractivity contribution in [1.82, 2.24) is 0 Å². The van der Waals surface area contributed by atoms with E-state index in [0.717, 1.165) is 5.56 Å². The molecule has 15 heavy (non-hydrogen) atoms. The zero-order valence-electron chi connectivity index (χ0n) is 9.04. The Morgan fingerprint density at radius 3 is 2.00 bits per heavy atom. The van der Waals surface area contributed by atoms with Crippen LogP contribution >= 0.6 is 0 Å². The van der Waals surface area contributed by atoms with Gasteiger partial charge in [0.25, 0.3) is 0 Å². The summed E-state index contributed by atoms with van der Waals surface area (Å²) in [5.74, 6) is 0. The lowest BCUT2D eigenvalue weighted by molar-refractivity contribution is 0.151. The van der Waals surface area contributed by atoms with Crippen molar-refractivity contribution in [1.29, 1.82) is 0 Å². The Balaban J connectivity index is 2.82. The number of halogens is 2. The van der Waals surface area contributed by atoms with Gasteiger partial charge in [-0.2, -0.15) is 13.9 Å². The molecule has 0 atom stereocenters. The first-order valence-corrected chi connectivity index (χ1v) is 4.69. The Hall–Kier alpha value is -1.32. The minimum atomic E-state index is -2.74. The number of benzene rings is 1. The Kier molecular flexibility index (Phi) is 3.50. The van der Waals surface area contributed by atoms with Gasteiger partial charge < -0.3 is 0 Å². The van der Waals surface area contributed by atoms with Crippen molar-refractivity contribution < 1.29 is 8.78 Å². The maximum atomic E-state index is 11.7. The minimum absolute atomic E-state index is 0.0540. The quantitative estimate of drug-likeness (QED) is 0.516. The molecular weight excluding hydrogens is 198 g/mol. The Morgan fingerprint density at radius 2 is 1.60 bits per heavy atom. The third-order valence-electron chi connectivity index (χ3n) is 1.99. The molecule has 0 bridgehead atoms. The van der Waals surface area contributed by atoms with Gasteiger partial charge in [0, 0.05) is 0 Å². The molecule has 0 saturated carbocycles. The zero-order chi connectivity index (χ0) is 11.5. The molecule has 1 rings (SSSR count). The van der Waals surface area contributed by atoms with Crippen molar-refractivity contribution in [2.75, 3.05) is 0 Å². The van der Waals surface area contributed by atoms with E-state index in [1.54, 1.807) is 12.1 Å². The van der Waals surface area contributed by atoms with E-state index in [2.05, 4.69) is 31.0 Å². The molecule has 82 valence electrons. The lowest BCUT2D eigenvalue weighted by Crippen LogP contribution is -2.10. The second kappa shape index (κ2) is 4.47. The molecule has 0 aliphatic carbocycles. The van der Waals surface area contributed by atoms with Gasteiger partial charge in [-0.3, -0.25) is 0 Å². The summed E-state index contributed by atoms with van der Waals surface area (Å²) in [4.78, 5) is 0. The summed E-state index contributed by atoms with van der Waals surface area (Å²) in [6.45, 7) is 3.51. The van der Waals surface area contributed by atoms with Gasteiger partial charge in [-0.05, 0) is 23.1 Å². The van der Waals surface area contributed by atoms with Crippen LogP contribution in [-0.2, 0) is 5.41 Å². The van der Waals surface area contributed by atoms with Crippen LogP contribution in [0.5, 0.6) is 0 Å². The van der Waals surface area contributed by atoms with Crippen molar-refractivity contribution in [2.24, 2.45) is 10.2 Å². The molecule has 0 aromatic heterocycles. The van der Waals surface area contributed by atoms with E-state index >= 15 is 0 Å². The first-order valence-electron chi connectivity index (χ1n) is 4.69. The maximum Gasteiger partial charge on any atom is 0.348 e. The van der Waals surface area contributed by atoms with Crippen molar-refractivity contribution in [3.8, 4) is 0 Å². The fourth-order valence-corrected chi connectivity index (χ4v) is 1.14. The highest BCUT2D eigenvalue weighted by Crippen LogP contribution is 2.24. The first-order chi connectivity index (χ1) is 6.89. The number of hydrogen-bond acceptors (Lipinski definition) is 2. The van der Waals surface area contributed by atoms with E-state index < -0.39 is 6.55 Å². The van der Waals surface area contributed by atoms with Gasteiger partial charge in [-0.1, -0.05) is 32.9 Å². The van der Waals surface area contributed by atoms with Gasteiger partial charge in [-0.25, -0.2) is 0 Å². The molecule has 0 aliphatic rings. The number of rotatable bonds is 2. The predicted octanol–water partition coefficient (Wildman–Crippen LogP) is 4.29. The summed E-state index contributed by atoms with van der Waals surface area (Å²) in [5, 5.41) is 6.18. The third-order valence-corrected chi connectivity index (χ3v) is 1.99. The van der Waals surface area contributed by atoms with E-state index in [1.165, 1.54) is 0 Å². The number of azo groups is 1. The van der Waals surface area contributed by atoms with Gasteiger partial charge >= 0.3 is 6.55 Å². The highest BCUT2D eigenvalue weighted by Gasteiger charge is 2.12. The van der Waals surface area contributed by atoms with Gasteiger partial charge in [0.2, 0.25) is 0 Å². The van der Waals surface area contributed by atoms with Crippen LogP contribution < -0.4 is 0 Å². The Labute approximate surface area is 88.0 Å². The summed E-state index contributed by atoms with van der Waals surface area (Å²) in [6.07, 6.45) is 0. The number of alkyl halides is 2. The summed E-state index contributed by atoms with van der Waals surface area (Å²) >= 11 is 0. The van der Waals surface area contributed by atoms with Crippen LogP contribution in [0.25, 0.3) is 0 Å². The average molecular weight is 212 g/mol. The number of nitrogens with zero attached hydrogens (tertiary/aromatic N) is 2. The molecule has 0 aliphatic heterocycles. The second-order valence-corrected chi connectivity index (χ2v) is 4.29. The largest absolute Gasteiger partial charge is 0.348 e. The molecule has 0 unspecified atom stereocenters. The van der Waals surface area contributed by atoms with E-state index in [4.69, 9.17) is 0 Å². The van der Waals surface area contributed by atoms with Crippen molar-refractivity contribution in [2.45, 2.75) is 32.7 Å². The van der Waals surface area contributed by atoms with E-state index in [1.807, 2.05) is 12.1 Å². The molecule has 0 saturated heterocycles. The Bertz CT molecular complexity index is 337. The summed E-state index contributed by atoms with van der Waals surface area (Å²) in [6, 6.07) is 7.12. The standard InChI is InChI=1S/C11H14F2N2/c1-11(2,3)8-4-6-9(7-5-8)14-15-10(12)13/h4-7,10H,1-3H3. The molecule has 1 aromatic carbocycles. The SMILES string of the molecule is CC(C)(C)c1ccc(N=NC(F)F)cc1. The monoisotopic (exact) mass is 212 g/mol. The fraction of sp³-hybridized carbons (Fsp3) is 0.455. The third kappa shape index (κ3) is 3.73. The molecule has 2 nitrogen and oxygen atoms in total. The molecule has 0 radical (unpaired) electrons. The van der Waals surface area contributed by atoms with E-state index in [9.17, 15) is 8.78 Å². The van der Waals surface area contributed by atoms with Gasteiger partial charge in [-0.15, -0.1) is 5.11 Å². The van der Waals surface area contributed by atoms with Gasteiger partial charge in [0.1, 0.15) is 0 Å². The van der Waals surface area contributed by atoms with Crippen molar-refractivity contribution >= 4 is 5.69 Å². The van der Waals surface area contributed by atoms with Gasteiger partial charge in [0.05, 0.1) is 5.69 Å². The predicted molar refractivity (Wildman–Crippen MR) is 55.7 cm³/mol. The first kappa shape index (κ1) is 11.8. The molecular formula is C11H14F2N2. The Morgan fingerprint density at radius 1 is 1.07 bits per heavy atom. The van der Waals surface area contributed by atoms with Crippen LogP contribution in [0.1, 0.15) is 26.3 Å². The molecule has 0 N–H and O–H groups in total. The molecule has 0 heterocycles. The van der Waals surface area contributed by atoms with Crippen molar-refractivity contribution in [3.63, 3.8) is 0 Å². The normalized spacial score (nSPS) is 12.7. The lowest BCUT2D eigenvalue weighted by atomic mass is 9.87. The van der Waals surface area contributed by atoms with Crippen LogP contribution in [-0.4, -0.2) is 6.55 Å². The van der Waals surface area contributed by atoms with Crippen LogP contribution in [0, 0.1) is 0 Å². The lowest BCUT2D eigenvalue weighted by Gasteiger charge is -2.18. The van der Waals surface area contributed by atoms with E-state index in [0.29, 0.717) is 5.69 Å². The van der Waals surface area contributed by atoms with Crippen LogP contribution in [0.2, 0.25) is 0 Å². The molecule has 0 spiro atoms. The maximum absolute atomic E-state index is 11.7. The molecule has 0 amide bonds. The summed E-state index contributed by atoms with van der Waals surface area (Å²) < 4.78 is 23.5. The fourth-order valence-electron chi connectivity index (χ4n) is 1.14. The highest BCUT2D eigenvalue weighted by atomic mass is 19.3. The van der Waals surface area contributed by atoms with Crippen LogP contribution in [0.4, 0.5) is 14.5 Å². The minimum Gasteiger partial charge on any atom is -0.182 e. The van der Waals surface area contributed by atoms with Gasteiger partial charge in [0.15, 0.2) is 0 Å². The smallest absolute Gasteiger partial charge is 0.182 e. The molecule has 4 heteroatoms. The topological polar surface area (TPSA) is 24.7 Å². The van der Waals surface area contributed by atoms with Crippen molar-refractivity contribution in [3.05, 3.63) is 29.8 Å². The number of hydrogen-bond donors (Lipinski definition) is 0. The molecule has 1 aromatic rings. The van der Waals surface area contributed by atoms with Crippen LogP contribution in [0.15, 0.2) is 34.5 Å². The summed E-state index contributed by atoms with van der Waals surface area (Å²) in [7, 11) is 0. The molecule has 0 fully saturated rings. The van der Waals surface area contributed by atoms with E-state index in [-0.39, 0.29) is 5.41 Å². The highest BCUT2D eigenvalue weighted by molar-refractivity contribution is 5.39.